The molecule has 7 heteroatoms. The lowest BCUT2D eigenvalue weighted by atomic mass is 10.3. The normalized spacial score (nSPS) is 21.3. The fourth-order valence-corrected chi connectivity index (χ4v) is 3.30. The lowest BCUT2D eigenvalue weighted by molar-refractivity contribution is 0.256. The van der Waals surface area contributed by atoms with E-state index in [1.54, 1.807) is 0 Å². The molecule has 2 rings (SSSR count). The lowest BCUT2D eigenvalue weighted by Gasteiger charge is -2.29. The largest absolute Gasteiger partial charge is 0.338 e. The van der Waals surface area contributed by atoms with Crippen molar-refractivity contribution in [2.45, 2.75) is 11.8 Å². The van der Waals surface area contributed by atoms with Gasteiger partial charge in [-0.3, -0.25) is 4.90 Å². The lowest BCUT2D eigenvalue weighted by Crippen LogP contribution is -2.33. The highest BCUT2D eigenvalue weighted by Crippen LogP contribution is 2.26. The third-order valence-corrected chi connectivity index (χ3v) is 4.38. The van der Waals surface area contributed by atoms with Crippen LogP contribution in [0.25, 0.3) is 0 Å². The quantitative estimate of drug-likeness (QED) is 0.769. The van der Waals surface area contributed by atoms with Gasteiger partial charge >= 0.3 is 0 Å². The van der Waals surface area contributed by atoms with Crippen molar-refractivity contribution < 1.29 is 4.52 Å². The molecule has 1 aliphatic heterocycles. The molecule has 92 valence electrons. The molecular formula is C10H14N4OS2. The van der Waals surface area contributed by atoms with Gasteiger partial charge in [-0.05, 0) is 7.05 Å². The molecule has 0 radical (unpaired) electrons. The maximum Gasteiger partial charge on any atom is 0.236 e. The van der Waals surface area contributed by atoms with Crippen LogP contribution in [0.3, 0.4) is 0 Å². The van der Waals surface area contributed by atoms with Gasteiger partial charge < -0.3 is 4.52 Å². The minimum absolute atomic E-state index is 0.257. The minimum atomic E-state index is 0.257. The first-order valence-electron chi connectivity index (χ1n) is 5.36. The van der Waals surface area contributed by atoms with E-state index < -0.39 is 0 Å². The van der Waals surface area contributed by atoms with Crippen molar-refractivity contribution >= 4 is 23.5 Å². The van der Waals surface area contributed by atoms with Crippen LogP contribution in [0.4, 0.5) is 0 Å². The zero-order chi connectivity index (χ0) is 12.1. The Balaban J connectivity index is 1.95. The van der Waals surface area contributed by atoms with Crippen molar-refractivity contribution in [3.05, 3.63) is 11.7 Å². The van der Waals surface area contributed by atoms with Gasteiger partial charge in [-0.2, -0.15) is 22.0 Å². The zero-order valence-electron chi connectivity index (χ0n) is 9.63. The molecule has 0 bridgehead atoms. The Morgan fingerprint density at radius 2 is 2.59 bits per heavy atom. The van der Waals surface area contributed by atoms with E-state index >= 15 is 0 Å². The SMILES string of the molecule is CN1CCSCC1c1noc(CSCC#N)n1. The second-order valence-corrected chi connectivity index (χ2v) is 5.90. The smallest absolute Gasteiger partial charge is 0.236 e. The molecule has 1 unspecified atom stereocenters. The maximum absolute atomic E-state index is 8.44. The van der Waals surface area contributed by atoms with Gasteiger partial charge in [-0.15, -0.1) is 11.8 Å². The summed E-state index contributed by atoms with van der Waals surface area (Å²) in [6.07, 6.45) is 0. The van der Waals surface area contributed by atoms with Crippen molar-refractivity contribution in [1.82, 2.24) is 15.0 Å². The molecule has 0 aliphatic carbocycles. The van der Waals surface area contributed by atoms with Crippen LogP contribution in [0.1, 0.15) is 17.8 Å². The van der Waals surface area contributed by atoms with Crippen LogP contribution in [0.15, 0.2) is 4.52 Å². The van der Waals surface area contributed by atoms with Crippen molar-refractivity contribution in [3.63, 3.8) is 0 Å². The highest BCUT2D eigenvalue weighted by atomic mass is 32.2. The van der Waals surface area contributed by atoms with Gasteiger partial charge in [0.15, 0.2) is 5.82 Å². The van der Waals surface area contributed by atoms with Crippen molar-refractivity contribution in [1.29, 1.82) is 5.26 Å². The number of nitrogens with zero attached hydrogens (tertiary/aromatic N) is 4. The number of nitriles is 1. The average Bonchev–Trinajstić information content (AvgIpc) is 2.79. The van der Waals surface area contributed by atoms with E-state index in [0.717, 1.165) is 23.9 Å². The molecule has 1 atom stereocenters. The average molecular weight is 270 g/mol. The summed E-state index contributed by atoms with van der Waals surface area (Å²) < 4.78 is 5.19. The molecule has 2 heterocycles. The summed E-state index contributed by atoms with van der Waals surface area (Å²) >= 11 is 3.41. The Hall–Kier alpha value is -0.710. The van der Waals surface area contributed by atoms with E-state index in [0.29, 0.717) is 17.4 Å². The monoisotopic (exact) mass is 270 g/mol. The van der Waals surface area contributed by atoms with Gasteiger partial charge in [0.1, 0.15) is 0 Å². The minimum Gasteiger partial charge on any atom is -0.338 e. The van der Waals surface area contributed by atoms with Crippen LogP contribution in [-0.2, 0) is 5.75 Å². The third-order valence-electron chi connectivity index (χ3n) is 2.57. The number of aromatic nitrogens is 2. The molecule has 1 aromatic heterocycles. The Labute approximate surface area is 109 Å². The number of thioether (sulfide) groups is 2. The zero-order valence-corrected chi connectivity index (χ0v) is 11.3. The predicted octanol–water partition coefficient (Wildman–Crippen LogP) is 1.55. The molecule has 0 saturated carbocycles. The second kappa shape index (κ2) is 6.28. The predicted molar refractivity (Wildman–Crippen MR) is 68.8 cm³/mol. The second-order valence-electron chi connectivity index (χ2n) is 3.77. The van der Waals surface area contributed by atoms with Crippen molar-refractivity contribution in [3.8, 4) is 6.07 Å². The number of hydrogen-bond donors (Lipinski definition) is 0. The molecule has 1 aromatic rings. The summed E-state index contributed by atoms with van der Waals surface area (Å²) in [6, 6.07) is 2.33. The Morgan fingerprint density at radius 3 is 3.35 bits per heavy atom. The fourth-order valence-electron chi connectivity index (χ4n) is 1.60. The molecule has 1 fully saturated rings. The molecule has 0 spiro atoms. The number of rotatable bonds is 4. The fraction of sp³-hybridized carbons (Fsp3) is 0.700. The Morgan fingerprint density at radius 1 is 1.71 bits per heavy atom. The molecule has 0 aromatic carbocycles. The first-order valence-corrected chi connectivity index (χ1v) is 7.67. The summed E-state index contributed by atoms with van der Waals surface area (Å²) in [5.74, 6) is 4.63. The van der Waals surface area contributed by atoms with Crippen LogP contribution in [-0.4, -0.2) is 45.9 Å². The van der Waals surface area contributed by atoms with Gasteiger partial charge in [-0.1, -0.05) is 5.16 Å². The van der Waals surface area contributed by atoms with Gasteiger partial charge in [0.2, 0.25) is 5.89 Å². The summed E-state index contributed by atoms with van der Waals surface area (Å²) in [7, 11) is 2.09. The molecule has 0 N–H and O–H groups in total. The van der Waals surface area contributed by atoms with Gasteiger partial charge in [-0.25, -0.2) is 0 Å². The topological polar surface area (TPSA) is 66.0 Å². The first kappa shape index (κ1) is 12.7. The molecule has 17 heavy (non-hydrogen) atoms. The molecule has 0 amide bonds. The van der Waals surface area contributed by atoms with E-state index in [1.807, 2.05) is 11.8 Å². The van der Waals surface area contributed by atoms with E-state index in [4.69, 9.17) is 9.78 Å². The van der Waals surface area contributed by atoms with Crippen LogP contribution >= 0.6 is 23.5 Å². The molecular weight excluding hydrogens is 256 g/mol. The van der Waals surface area contributed by atoms with E-state index in [2.05, 4.69) is 28.2 Å². The molecule has 5 nitrogen and oxygen atoms in total. The highest BCUT2D eigenvalue weighted by molar-refractivity contribution is 7.99. The van der Waals surface area contributed by atoms with Crippen LogP contribution in [0, 0.1) is 11.3 Å². The van der Waals surface area contributed by atoms with E-state index in [1.165, 1.54) is 11.8 Å². The summed E-state index contributed by atoms with van der Waals surface area (Å²) in [6.45, 7) is 1.06. The first-order chi connectivity index (χ1) is 8.31. The number of hydrogen-bond acceptors (Lipinski definition) is 7. The highest BCUT2D eigenvalue weighted by Gasteiger charge is 2.25. The standard InChI is InChI=1S/C10H14N4OS2/c1-14-3-5-17-6-8(14)10-12-9(15-13-10)7-16-4-2-11/h8H,3-7H2,1H3. The van der Waals surface area contributed by atoms with E-state index in [-0.39, 0.29) is 6.04 Å². The van der Waals surface area contributed by atoms with Crippen LogP contribution in [0.2, 0.25) is 0 Å². The molecule has 1 saturated heterocycles. The van der Waals surface area contributed by atoms with Crippen molar-refractivity contribution in [2.75, 3.05) is 30.9 Å². The van der Waals surface area contributed by atoms with Gasteiger partial charge in [0, 0.05) is 18.1 Å². The Kier molecular flexibility index (Phi) is 4.71. The van der Waals surface area contributed by atoms with Crippen LogP contribution in [0.5, 0.6) is 0 Å². The van der Waals surface area contributed by atoms with Crippen LogP contribution < -0.4 is 0 Å². The third kappa shape index (κ3) is 3.37. The summed E-state index contributed by atoms with van der Waals surface area (Å²) in [5, 5.41) is 12.5. The van der Waals surface area contributed by atoms with E-state index in [9.17, 15) is 0 Å². The Bertz CT molecular complexity index is 403. The van der Waals surface area contributed by atoms with Crippen molar-refractivity contribution in [2.24, 2.45) is 0 Å². The van der Waals surface area contributed by atoms with Gasteiger partial charge in [0.05, 0.1) is 23.6 Å². The van der Waals surface area contributed by atoms with Gasteiger partial charge in [0.25, 0.3) is 0 Å². The maximum atomic E-state index is 8.44. The molecule has 1 aliphatic rings. The summed E-state index contributed by atoms with van der Waals surface area (Å²) in [4.78, 5) is 6.65. The summed E-state index contributed by atoms with van der Waals surface area (Å²) in [5.41, 5.74) is 0.